The Bertz CT molecular complexity index is 177. The average molecular weight is 192 g/mol. The number of carbonyl (C=O) groups excluding carboxylic acids is 2. The van der Waals surface area contributed by atoms with Crippen LogP contribution in [0.5, 0.6) is 0 Å². The van der Waals surface area contributed by atoms with E-state index in [-0.39, 0.29) is 0 Å². The summed E-state index contributed by atoms with van der Waals surface area (Å²) in [4.78, 5) is 22.1. The molecule has 2 N–H and O–H groups in total. The predicted molar refractivity (Wildman–Crippen MR) is 40.6 cm³/mol. The average Bonchev–Trinajstić information content (AvgIpc) is 2.19. The van der Waals surface area contributed by atoms with E-state index in [9.17, 15) is 9.59 Å². The largest absolute Gasteiger partial charge is 0.468 e. The predicted octanol–water partition coefficient (Wildman–Crippen LogP) is -1.70. The van der Waals surface area contributed by atoms with Gasteiger partial charge in [-0.3, -0.25) is 9.59 Å². The van der Waals surface area contributed by atoms with Gasteiger partial charge >= 0.3 is 11.9 Å². The summed E-state index contributed by atoms with van der Waals surface area (Å²) in [6, 6.07) is 0. The highest BCUT2D eigenvalue weighted by Crippen LogP contribution is 2.19. The third-order valence-electron chi connectivity index (χ3n) is 1.69. The Labute approximate surface area is 75.1 Å². The van der Waals surface area contributed by atoms with E-state index in [1.807, 2.05) is 0 Å². The van der Waals surface area contributed by atoms with E-state index in [0.29, 0.717) is 0 Å². The first-order chi connectivity index (χ1) is 6.08. The smallest absolute Gasteiger partial charge is 0.328 e. The van der Waals surface area contributed by atoms with Crippen LogP contribution in [0, 0.1) is 5.41 Å². The summed E-state index contributed by atoms with van der Waals surface area (Å²) in [5.41, 5.74) is -2.01. The molecule has 0 aliphatic heterocycles. The number of hydrogen-bond donors (Lipinski definition) is 2. The van der Waals surface area contributed by atoms with Crippen molar-refractivity contribution in [3.8, 4) is 0 Å². The lowest BCUT2D eigenvalue weighted by Gasteiger charge is -2.22. The third kappa shape index (κ3) is 1.96. The Kier molecular flexibility index (Phi) is 4.36. The molecule has 0 saturated carbocycles. The molecule has 0 aromatic carbocycles. The number of ether oxygens (including phenoxy) is 2. The second-order valence-electron chi connectivity index (χ2n) is 2.38. The van der Waals surface area contributed by atoms with Crippen LogP contribution in [-0.2, 0) is 19.1 Å². The van der Waals surface area contributed by atoms with Crippen molar-refractivity contribution in [3.63, 3.8) is 0 Å². The van der Waals surface area contributed by atoms with E-state index in [1.54, 1.807) is 0 Å². The van der Waals surface area contributed by atoms with Crippen LogP contribution >= 0.6 is 0 Å². The van der Waals surface area contributed by atoms with Crippen LogP contribution in [0.4, 0.5) is 0 Å². The molecule has 0 fully saturated rings. The molecule has 6 nitrogen and oxygen atoms in total. The molecule has 0 heterocycles. The summed E-state index contributed by atoms with van der Waals surface area (Å²) in [5.74, 6) is -2.05. The summed E-state index contributed by atoms with van der Waals surface area (Å²) in [7, 11) is 2.09. The molecule has 0 aromatic rings. The molecular weight excluding hydrogens is 180 g/mol. The highest BCUT2D eigenvalue weighted by Gasteiger charge is 2.47. The molecule has 0 rings (SSSR count). The number of hydrogen-bond acceptors (Lipinski definition) is 6. The van der Waals surface area contributed by atoms with Gasteiger partial charge in [0.1, 0.15) is 0 Å². The van der Waals surface area contributed by atoms with Gasteiger partial charge in [0, 0.05) is 0 Å². The van der Waals surface area contributed by atoms with Gasteiger partial charge in [0.05, 0.1) is 27.4 Å². The second-order valence-corrected chi connectivity index (χ2v) is 2.38. The Morgan fingerprint density at radius 2 is 1.38 bits per heavy atom. The van der Waals surface area contributed by atoms with Crippen molar-refractivity contribution in [1.29, 1.82) is 0 Å². The fraction of sp³-hybridized carbons (Fsp3) is 0.714. The van der Waals surface area contributed by atoms with Gasteiger partial charge in [-0.05, 0) is 0 Å². The monoisotopic (exact) mass is 192 g/mol. The van der Waals surface area contributed by atoms with Crippen LogP contribution in [0.25, 0.3) is 0 Å². The molecule has 6 heteroatoms. The van der Waals surface area contributed by atoms with Gasteiger partial charge < -0.3 is 19.7 Å². The zero-order valence-corrected chi connectivity index (χ0v) is 7.44. The van der Waals surface area contributed by atoms with Crippen molar-refractivity contribution >= 4 is 11.9 Å². The highest BCUT2D eigenvalue weighted by atomic mass is 16.5. The van der Waals surface area contributed by atoms with E-state index in [1.165, 1.54) is 0 Å². The Morgan fingerprint density at radius 1 is 1.08 bits per heavy atom. The van der Waals surface area contributed by atoms with E-state index < -0.39 is 30.6 Å². The fourth-order valence-electron chi connectivity index (χ4n) is 0.782. The standard InChI is InChI=1S/C7H12O6/c1-12-5(10)7(3-8,4-9)6(11)13-2/h8-9H,3-4H2,1-2H3. The van der Waals surface area contributed by atoms with Gasteiger partial charge in [0.25, 0.3) is 0 Å². The van der Waals surface area contributed by atoms with Crippen LogP contribution in [0.2, 0.25) is 0 Å². The maximum Gasteiger partial charge on any atom is 0.328 e. The first kappa shape index (κ1) is 11.9. The molecule has 0 unspecified atom stereocenters. The molecule has 0 saturated heterocycles. The fourth-order valence-corrected chi connectivity index (χ4v) is 0.782. The summed E-state index contributed by atoms with van der Waals surface area (Å²) in [6.45, 7) is -1.72. The number of carbonyl (C=O) groups is 2. The number of esters is 2. The minimum absolute atomic E-state index is 0.858. The zero-order chi connectivity index (χ0) is 10.5. The first-order valence-corrected chi connectivity index (χ1v) is 3.47. The Morgan fingerprint density at radius 3 is 1.54 bits per heavy atom. The van der Waals surface area contributed by atoms with Crippen molar-refractivity contribution in [2.75, 3.05) is 27.4 Å². The molecule has 0 aliphatic carbocycles. The van der Waals surface area contributed by atoms with Crippen LogP contribution in [0.3, 0.4) is 0 Å². The molecular formula is C7H12O6. The highest BCUT2D eigenvalue weighted by molar-refractivity contribution is 6.00. The van der Waals surface area contributed by atoms with Gasteiger partial charge in [-0.2, -0.15) is 0 Å². The summed E-state index contributed by atoms with van der Waals surface area (Å²) >= 11 is 0. The number of aliphatic hydroxyl groups is 2. The molecule has 0 radical (unpaired) electrons. The zero-order valence-electron chi connectivity index (χ0n) is 7.44. The van der Waals surface area contributed by atoms with Crippen LogP contribution in [0.1, 0.15) is 0 Å². The molecule has 0 aromatic heterocycles. The van der Waals surface area contributed by atoms with Crippen molar-refractivity contribution in [2.45, 2.75) is 0 Å². The van der Waals surface area contributed by atoms with Gasteiger partial charge in [0.15, 0.2) is 0 Å². The van der Waals surface area contributed by atoms with E-state index >= 15 is 0 Å². The quantitative estimate of drug-likeness (QED) is 0.407. The lowest BCUT2D eigenvalue weighted by atomic mass is 9.90. The topological polar surface area (TPSA) is 93.1 Å². The van der Waals surface area contributed by atoms with E-state index in [0.717, 1.165) is 14.2 Å². The van der Waals surface area contributed by atoms with Gasteiger partial charge in [-0.15, -0.1) is 0 Å². The van der Waals surface area contributed by atoms with Crippen molar-refractivity contribution in [2.24, 2.45) is 5.41 Å². The molecule has 0 spiro atoms. The number of aliphatic hydroxyl groups excluding tert-OH is 2. The van der Waals surface area contributed by atoms with Gasteiger partial charge in [-0.25, -0.2) is 0 Å². The molecule has 0 aliphatic rings. The van der Waals surface area contributed by atoms with Crippen molar-refractivity contribution in [3.05, 3.63) is 0 Å². The maximum atomic E-state index is 11.1. The molecule has 0 bridgehead atoms. The third-order valence-corrected chi connectivity index (χ3v) is 1.69. The van der Waals surface area contributed by atoms with E-state index in [2.05, 4.69) is 9.47 Å². The van der Waals surface area contributed by atoms with Gasteiger partial charge in [-0.1, -0.05) is 0 Å². The van der Waals surface area contributed by atoms with Crippen LogP contribution < -0.4 is 0 Å². The van der Waals surface area contributed by atoms with Gasteiger partial charge in [0.2, 0.25) is 5.41 Å². The summed E-state index contributed by atoms with van der Waals surface area (Å²) in [5, 5.41) is 17.6. The lowest BCUT2D eigenvalue weighted by Crippen LogP contribution is -2.47. The minimum Gasteiger partial charge on any atom is -0.468 e. The Hall–Kier alpha value is -1.14. The maximum absolute atomic E-state index is 11.1. The molecule has 0 atom stereocenters. The SMILES string of the molecule is COC(=O)C(CO)(CO)C(=O)OC. The van der Waals surface area contributed by atoms with E-state index in [4.69, 9.17) is 10.2 Å². The molecule has 76 valence electrons. The summed E-state index contributed by atoms with van der Waals surface area (Å²) < 4.78 is 8.52. The van der Waals surface area contributed by atoms with Crippen LogP contribution in [-0.4, -0.2) is 49.6 Å². The van der Waals surface area contributed by atoms with Crippen molar-refractivity contribution < 1.29 is 29.3 Å². The molecule has 13 heavy (non-hydrogen) atoms. The van der Waals surface area contributed by atoms with Crippen LogP contribution in [0.15, 0.2) is 0 Å². The summed E-state index contributed by atoms with van der Waals surface area (Å²) in [6.07, 6.45) is 0. The lowest BCUT2D eigenvalue weighted by molar-refractivity contribution is -0.175. The molecule has 0 amide bonds. The normalized spacial score (nSPS) is 10.8. The minimum atomic E-state index is -2.01. The number of rotatable bonds is 4. The number of methoxy groups -OCH3 is 2. The second kappa shape index (κ2) is 4.78. The van der Waals surface area contributed by atoms with Crippen molar-refractivity contribution in [1.82, 2.24) is 0 Å². The first-order valence-electron chi connectivity index (χ1n) is 3.47. The Balaban J connectivity index is 4.90.